The Bertz CT molecular complexity index is 722. The lowest BCUT2D eigenvalue weighted by Gasteiger charge is -2.22. The summed E-state index contributed by atoms with van der Waals surface area (Å²) in [7, 11) is 1.47. The van der Waals surface area contributed by atoms with Gasteiger partial charge in [-0.2, -0.15) is 0 Å². The first kappa shape index (κ1) is 15.5. The first-order chi connectivity index (χ1) is 10.5. The number of hydrogen-bond donors (Lipinski definition) is 0. The van der Waals surface area contributed by atoms with Crippen LogP contribution in [0.15, 0.2) is 24.3 Å². The van der Waals surface area contributed by atoms with Gasteiger partial charge in [0.1, 0.15) is 11.6 Å². The average Bonchev–Trinajstić information content (AvgIpc) is 2.90. The standard InChI is InChI=1S/C16H15F2IN2O/c1-9-7-13(19)11-5-6-21(16(11)20-9)14-4-3-10(22-2)8-12(14)15(17)18/h3-4,7-8,15H,5-6H2,1-2H3. The zero-order valence-electron chi connectivity index (χ0n) is 12.2. The third kappa shape index (κ3) is 2.64. The van der Waals surface area contributed by atoms with Crippen LogP contribution in [0.25, 0.3) is 0 Å². The normalized spacial score (nSPS) is 13.6. The van der Waals surface area contributed by atoms with E-state index in [1.165, 1.54) is 13.2 Å². The third-order valence-electron chi connectivity index (χ3n) is 3.78. The maximum Gasteiger partial charge on any atom is 0.265 e. The van der Waals surface area contributed by atoms with Crippen molar-refractivity contribution in [3.63, 3.8) is 0 Å². The number of benzene rings is 1. The van der Waals surface area contributed by atoms with Crippen molar-refractivity contribution in [3.05, 3.63) is 44.7 Å². The minimum Gasteiger partial charge on any atom is -0.497 e. The van der Waals surface area contributed by atoms with E-state index >= 15 is 0 Å². The molecule has 1 aliphatic rings. The molecule has 6 heteroatoms. The smallest absolute Gasteiger partial charge is 0.265 e. The van der Waals surface area contributed by atoms with Crippen molar-refractivity contribution in [2.45, 2.75) is 19.8 Å². The molecule has 0 saturated carbocycles. The van der Waals surface area contributed by atoms with Crippen molar-refractivity contribution >= 4 is 34.1 Å². The molecule has 1 aromatic heterocycles. The fourth-order valence-corrected chi connectivity index (χ4v) is 3.70. The van der Waals surface area contributed by atoms with Gasteiger partial charge in [-0.25, -0.2) is 13.8 Å². The fraction of sp³-hybridized carbons (Fsp3) is 0.312. The molecule has 0 amide bonds. The third-order valence-corrected chi connectivity index (χ3v) is 4.74. The number of methoxy groups -OCH3 is 1. The number of alkyl halides is 2. The Morgan fingerprint density at radius 2 is 2.09 bits per heavy atom. The van der Waals surface area contributed by atoms with E-state index in [4.69, 9.17) is 4.74 Å². The molecule has 3 nitrogen and oxygen atoms in total. The van der Waals surface area contributed by atoms with E-state index in [0.717, 1.165) is 27.1 Å². The SMILES string of the molecule is COc1ccc(N2CCc3c(I)cc(C)nc32)c(C(F)F)c1. The van der Waals surface area contributed by atoms with Crippen LogP contribution in [-0.2, 0) is 6.42 Å². The molecule has 0 N–H and O–H groups in total. The van der Waals surface area contributed by atoms with Crippen LogP contribution in [0.3, 0.4) is 0 Å². The van der Waals surface area contributed by atoms with Crippen molar-refractivity contribution in [1.82, 2.24) is 4.98 Å². The van der Waals surface area contributed by atoms with Crippen molar-refractivity contribution in [2.24, 2.45) is 0 Å². The summed E-state index contributed by atoms with van der Waals surface area (Å²) in [5, 5.41) is 0. The number of nitrogens with zero attached hydrogens (tertiary/aromatic N) is 2. The molecule has 0 unspecified atom stereocenters. The largest absolute Gasteiger partial charge is 0.497 e. The van der Waals surface area contributed by atoms with Gasteiger partial charge in [-0.05, 0) is 60.2 Å². The van der Waals surface area contributed by atoms with Crippen LogP contribution in [0.5, 0.6) is 5.75 Å². The van der Waals surface area contributed by atoms with Gasteiger partial charge in [0.15, 0.2) is 0 Å². The van der Waals surface area contributed by atoms with Gasteiger partial charge in [0.25, 0.3) is 6.43 Å². The van der Waals surface area contributed by atoms with Crippen LogP contribution >= 0.6 is 22.6 Å². The predicted molar refractivity (Wildman–Crippen MR) is 90.4 cm³/mol. The summed E-state index contributed by atoms with van der Waals surface area (Å²) in [6.45, 7) is 2.58. The molecule has 1 aromatic carbocycles. The van der Waals surface area contributed by atoms with Crippen LogP contribution < -0.4 is 9.64 Å². The van der Waals surface area contributed by atoms with Gasteiger partial charge < -0.3 is 9.64 Å². The number of rotatable bonds is 3. The van der Waals surface area contributed by atoms with E-state index in [0.29, 0.717) is 18.0 Å². The van der Waals surface area contributed by atoms with Gasteiger partial charge in [-0.1, -0.05) is 0 Å². The zero-order chi connectivity index (χ0) is 15.9. The van der Waals surface area contributed by atoms with Gasteiger partial charge in [0, 0.05) is 26.9 Å². The lowest BCUT2D eigenvalue weighted by molar-refractivity contribution is 0.151. The molecule has 2 heterocycles. The molecule has 116 valence electrons. The highest BCUT2D eigenvalue weighted by atomic mass is 127. The van der Waals surface area contributed by atoms with Gasteiger partial charge in [0.2, 0.25) is 0 Å². The monoisotopic (exact) mass is 416 g/mol. The number of ether oxygens (including phenoxy) is 1. The molecule has 0 atom stereocenters. The Morgan fingerprint density at radius 1 is 1.32 bits per heavy atom. The number of aryl methyl sites for hydroxylation is 1. The lowest BCUT2D eigenvalue weighted by atomic mass is 10.1. The lowest BCUT2D eigenvalue weighted by Crippen LogP contribution is -2.16. The summed E-state index contributed by atoms with van der Waals surface area (Å²) >= 11 is 2.28. The van der Waals surface area contributed by atoms with Gasteiger partial charge >= 0.3 is 0 Å². The van der Waals surface area contributed by atoms with Crippen LogP contribution in [0.4, 0.5) is 20.3 Å². The molecule has 0 aliphatic carbocycles. The highest BCUT2D eigenvalue weighted by Gasteiger charge is 2.28. The van der Waals surface area contributed by atoms with Gasteiger partial charge in [-0.3, -0.25) is 0 Å². The number of pyridine rings is 1. The van der Waals surface area contributed by atoms with E-state index < -0.39 is 6.43 Å². The summed E-state index contributed by atoms with van der Waals surface area (Å²) < 4.78 is 33.1. The van der Waals surface area contributed by atoms with E-state index in [-0.39, 0.29) is 5.56 Å². The topological polar surface area (TPSA) is 25.4 Å². The fourth-order valence-electron chi connectivity index (χ4n) is 2.74. The highest BCUT2D eigenvalue weighted by Crippen LogP contribution is 2.41. The van der Waals surface area contributed by atoms with Crippen molar-refractivity contribution in [2.75, 3.05) is 18.6 Å². The molecule has 1 aliphatic heterocycles. The van der Waals surface area contributed by atoms with Crippen LogP contribution in [0.2, 0.25) is 0 Å². The number of anilines is 2. The Morgan fingerprint density at radius 3 is 2.77 bits per heavy atom. The number of hydrogen-bond acceptors (Lipinski definition) is 3. The van der Waals surface area contributed by atoms with Crippen LogP contribution in [-0.4, -0.2) is 18.6 Å². The maximum atomic E-state index is 13.4. The second kappa shape index (κ2) is 5.98. The highest BCUT2D eigenvalue weighted by molar-refractivity contribution is 14.1. The summed E-state index contributed by atoms with van der Waals surface area (Å²) in [6, 6.07) is 6.82. The van der Waals surface area contributed by atoms with Gasteiger partial charge in [-0.15, -0.1) is 0 Å². The maximum absolute atomic E-state index is 13.4. The van der Waals surface area contributed by atoms with Crippen molar-refractivity contribution in [1.29, 1.82) is 0 Å². The molecule has 3 rings (SSSR count). The Labute approximate surface area is 141 Å². The minimum absolute atomic E-state index is 0.0227. The quantitative estimate of drug-likeness (QED) is 0.683. The van der Waals surface area contributed by atoms with Gasteiger partial charge in [0.05, 0.1) is 12.8 Å². The van der Waals surface area contributed by atoms with E-state index in [1.807, 2.05) is 17.9 Å². The number of fused-ring (bicyclic) bond motifs is 1. The summed E-state index contributed by atoms with van der Waals surface area (Å²) in [6.07, 6.45) is -1.74. The molecule has 0 fully saturated rings. The second-order valence-electron chi connectivity index (χ2n) is 5.17. The Balaban J connectivity index is 2.12. The van der Waals surface area contributed by atoms with E-state index in [1.54, 1.807) is 12.1 Å². The van der Waals surface area contributed by atoms with E-state index in [2.05, 4.69) is 27.6 Å². The van der Waals surface area contributed by atoms with Crippen LogP contribution in [0.1, 0.15) is 23.2 Å². The zero-order valence-corrected chi connectivity index (χ0v) is 14.4. The first-order valence-corrected chi connectivity index (χ1v) is 7.98. The number of aromatic nitrogens is 1. The van der Waals surface area contributed by atoms with Crippen molar-refractivity contribution < 1.29 is 13.5 Å². The molecular weight excluding hydrogens is 401 g/mol. The molecule has 0 bridgehead atoms. The number of halogens is 3. The molecule has 2 aromatic rings. The molecule has 0 spiro atoms. The van der Waals surface area contributed by atoms with Crippen LogP contribution in [0, 0.1) is 10.5 Å². The average molecular weight is 416 g/mol. The summed E-state index contributed by atoms with van der Waals surface area (Å²) in [5.74, 6) is 1.22. The summed E-state index contributed by atoms with van der Waals surface area (Å²) in [4.78, 5) is 6.44. The Kier molecular flexibility index (Phi) is 4.20. The molecule has 22 heavy (non-hydrogen) atoms. The predicted octanol–water partition coefficient (Wildman–Crippen LogP) is 4.64. The summed E-state index contributed by atoms with van der Waals surface area (Å²) in [5.41, 5.74) is 2.50. The molecule has 0 radical (unpaired) electrons. The molecule has 0 saturated heterocycles. The van der Waals surface area contributed by atoms with E-state index in [9.17, 15) is 8.78 Å². The molecular formula is C16H15F2IN2O. The second-order valence-corrected chi connectivity index (χ2v) is 6.34. The van der Waals surface area contributed by atoms with Crippen molar-refractivity contribution in [3.8, 4) is 5.75 Å². The first-order valence-electron chi connectivity index (χ1n) is 6.91. The Hall–Kier alpha value is -1.44. The minimum atomic E-state index is -2.56.